The van der Waals surface area contributed by atoms with Gasteiger partial charge in [-0.25, -0.2) is 0 Å². The van der Waals surface area contributed by atoms with Gasteiger partial charge in [-0.2, -0.15) is 0 Å². The topological polar surface area (TPSA) is 57.7 Å². The average molecular weight is 450 g/mol. The standard InChI is InChI=1S/C29H23NO4/c1-32-21-11-12-22-24(16-21)23-17-28(34-18-19-8-4-3-5-9-19)27(33-2)15-20(23)14-25(22)29(31)26-10-6-7-13-30-26/h3-17H,18H2,1-2H3. The second kappa shape index (κ2) is 9.24. The highest BCUT2D eigenvalue weighted by Crippen LogP contribution is 2.39. The van der Waals surface area contributed by atoms with Gasteiger partial charge in [-0.15, -0.1) is 0 Å². The molecule has 0 unspecified atom stereocenters. The first kappa shape index (κ1) is 21.5. The number of ether oxygens (including phenoxy) is 3. The van der Waals surface area contributed by atoms with Crippen LogP contribution >= 0.6 is 0 Å². The van der Waals surface area contributed by atoms with Crippen LogP contribution in [-0.2, 0) is 6.61 Å². The molecule has 5 rings (SSSR count). The first-order chi connectivity index (χ1) is 16.7. The van der Waals surface area contributed by atoms with Crippen molar-refractivity contribution in [2.75, 3.05) is 14.2 Å². The molecule has 168 valence electrons. The van der Waals surface area contributed by atoms with Gasteiger partial charge in [-0.1, -0.05) is 36.4 Å². The van der Waals surface area contributed by atoms with Crippen LogP contribution < -0.4 is 14.2 Å². The third-order valence-electron chi connectivity index (χ3n) is 5.82. The largest absolute Gasteiger partial charge is 0.497 e. The predicted octanol–water partition coefficient (Wildman–Crippen LogP) is 6.22. The normalized spacial score (nSPS) is 10.9. The predicted molar refractivity (Wildman–Crippen MR) is 133 cm³/mol. The lowest BCUT2D eigenvalue weighted by molar-refractivity contribution is 0.103. The quantitative estimate of drug-likeness (QED) is 0.218. The molecule has 0 spiro atoms. The molecule has 5 aromatic rings. The van der Waals surface area contributed by atoms with Crippen LogP contribution in [0.5, 0.6) is 17.2 Å². The zero-order valence-corrected chi connectivity index (χ0v) is 18.9. The first-order valence-corrected chi connectivity index (χ1v) is 10.9. The maximum absolute atomic E-state index is 13.4. The molecule has 0 aliphatic heterocycles. The van der Waals surface area contributed by atoms with Crippen molar-refractivity contribution in [1.29, 1.82) is 0 Å². The van der Waals surface area contributed by atoms with Crippen molar-refractivity contribution in [3.8, 4) is 17.2 Å². The summed E-state index contributed by atoms with van der Waals surface area (Å²) in [5.41, 5.74) is 2.03. The van der Waals surface area contributed by atoms with Gasteiger partial charge >= 0.3 is 0 Å². The van der Waals surface area contributed by atoms with Crippen molar-refractivity contribution in [3.63, 3.8) is 0 Å². The summed E-state index contributed by atoms with van der Waals surface area (Å²) >= 11 is 0. The van der Waals surface area contributed by atoms with Gasteiger partial charge in [-0.3, -0.25) is 9.78 Å². The maximum Gasteiger partial charge on any atom is 0.211 e. The summed E-state index contributed by atoms with van der Waals surface area (Å²) in [4.78, 5) is 17.6. The number of methoxy groups -OCH3 is 2. The van der Waals surface area contributed by atoms with Crippen LogP contribution in [0.25, 0.3) is 21.5 Å². The fraction of sp³-hybridized carbons (Fsp3) is 0.103. The number of hydrogen-bond acceptors (Lipinski definition) is 5. The van der Waals surface area contributed by atoms with Crippen LogP contribution in [-0.4, -0.2) is 25.0 Å². The van der Waals surface area contributed by atoms with E-state index in [2.05, 4.69) is 4.98 Å². The summed E-state index contributed by atoms with van der Waals surface area (Å²) in [6, 6.07) is 26.8. The molecule has 1 heterocycles. The van der Waals surface area contributed by atoms with E-state index >= 15 is 0 Å². The number of fused-ring (bicyclic) bond motifs is 3. The molecule has 0 N–H and O–H groups in total. The zero-order valence-electron chi connectivity index (χ0n) is 18.9. The number of pyridine rings is 1. The molecule has 5 heteroatoms. The molecule has 0 saturated heterocycles. The van der Waals surface area contributed by atoms with Gasteiger partial charge in [0.25, 0.3) is 0 Å². The van der Waals surface area contributed by atoms with E-state index in [0.717, 1.165) is 27.1 Å². The highest BCUT2D eigenvalue weighted by Gasteiger charge is 2.18. The van der Waals surface area contributed by atoms with Crippen molar-refractivity contribution in [1.82, 2.24) is 4.98 Å². The van der Waals surface area contributed by atoms with Gasteiger partial charge in [0, 0.05) is 11.8 Å². The second-order valence-electron chi connectivity index (χ2n) is 7.88. The maximum atomic E-state index is 13.4. The third kappa shape index (κ3) is 4.04. The Bertz CT molecular complexity index is 1480. The fourth-order valence-electron chi connectivity index (χ4n) is 4.10. The van der Waals surface area contributed by atoms with E-state index in [0.29, 0.717) is 35.1 Å². The Morgan fingerprint density at radius 1 is 0.765 bits per heavy atom. The highest BCUT2D eigenvalue weighted by molar-refractivity contribution is 6.22. The number of hydrogen-bond donors (Lipinski definition) is 0. The zero-order chi connectivity index (χ0) is 23.5. The summed E-state index contributed by atoms with van der Waals surface area (Å²) in [7, 11) is 3.24. The van der Waals surface area contributed by atoms with Crippen LogP contribution in [0.4, 0.5) is 0 Å². The van der Waals surface area contributed by atoms with E-state index in [4.69, 9.17) is 14.2 Å². The van der Waals surface area contributed by atoms with Gasteiger partial charge in [0.1, 0.15) is 18.1 Å². The summed E-state index contributed by atoms with van der Waals surface area (Å²) in [5.74, 6) is 1.80. The number of aromatic nitrogens is 1. The molecule has 34 heavy (non-hydrogen) atoms. The molecule has 0 amide bonds. The molecular weight excluding hydrogens is 426 g/mol. The Hall–Kier alpha value is -4.38. The number of benzene rings is 4. The lowest BCUT2D eigenvalue weighted by atomic mass is 9.93. The molecule has 0 aliphatic rings. The van der Waals surface area contributed by atoms with E-state index < -0.39 is 0 Å². The smallest absolute Gasteiger partial charge is 0.211 e. The van der Waals surface area contributed by atoms with Crippen molar-refractivity contribution in [2.24, 2.45) is 0 Å². The van der Waals surface area contributed by atoms with Gasteiger partial charge < -0.3 is 14.2 Å². The van der Waals surface area contributed by atoms with Gasteiger partial charge in [-0.05, 0) is 75.6 Å². The SMILES string of the molecule is COc1ccc2c(C(=O)c3ccccn3)cc3cc(OC)c(OCc4ccccc4)cc3c2c1. The Morgan fingerprint density at radius 3 is 2.32 bits per heavy atom. The Labute approximate surface area is 197 Å². The van der Waals surface area contributed by atoms with Crippen molar-refractivity contribution in [2.45, 2.75) is 6.61 Å². The van der Waals surface area contributed by atoms with Crippen LogP contribution in [0.2, 0.25) is 0 Å². The van der Waals surface area contributed by atoms with Crippen LogP contribution in [0.3, 0.4) is 0 Å². The van der Waals surface area contributed by atoms with E-state index in [1.165, 1.54) is 0 Å². The molecule has 1 aromatic heterocycles. The number of carbonyl (C=O) groups is 1. The van der Waals surface area contributed by atoms with E-state index in [-0.39, 0.29) is 5.78 Å². The molecule has 4 aromatic carbocycles. The molecule has 0 atom stereocenters. The number of carbonyl (C=O) groups excluding carboxylic acids is 1. The molecule has 5 nitrogen and oxygen atoms in total. The third-order valence-corrected chi connectivity index (χ3v) is 5.82. The van der Waals surface area contributed by atoms with E-state index in [9.17, 15) is 4.79 Å². The Kier molecular flexibility index (Phi) is 5.83. The van der Waals surface area contributed by atoms with Crippen molar-refractivity contribution < 1.29 is 19.0 Å². The highest BCUT2D eigenvalue weighted by atomic mass is 16.5. The molecular formula is C29H23NO4. The molecule has 0 saturated carbocycles. The molecule has 0 aliphatic carbocycles. The minimum absolute atomic E-state index is 0.138. The van der Waals surface area contributed by atoms with Crippen LogP contribution in [0, 0.1) is 0 Å². The lowest BCUT2D eigenvalue weighted by Gasteiger charge is -2.15. The Balaban J connectivity index is 1.69. The molecule has 0 bridgehead atoms. The summed E-state index contributed by atoms with van der Waals surface area (Å²) in [6.07, 6.45) is 1.62. The van der Waals surface area contributed by atoms with Crippen molar-refractivity contribution >= 4 is 27.3 Å². The van der Waals surface area contributed by atoms with Crippen LogP contribution in [0.1, 0.15) is 21.6 Å². The number of nitrogens with zero attached hydrogens (tertiary/aromatic N) is 1. The lowest BCUT2D eigenvalue weighted by Crippen LogP contribution is -2.05. The molecule has 0 fully saturated rings. The van der Waals surface area contributed by atoms with Crippen molar-refractivity contribution in [3.05, 3.63) is 108 Å². The van der Waals surface area contributed by atoms with Gasteiger partial charge in [0.05, 0.1) is 14.2 Å². The van der Waals surface area contributed by atoms with E-state index in [1.807, 2.05) is 72.8 Å². The fourth-order valence-corrected chi connectivity index (χ4v) is 4.10. The monoisotopic (exact) mass is 449 g/mol. The summed E-state index contributed by atoms with van der Waals surface area (Å²) in [5, 5.41) is 3.52. The second-order valence-corrected chi connectivity index (χ2v) is 7.88. The first-order valence-electron chi connectivity index (χ1n) is 10.9. The molecule has 0 radical (unpaired) electrons. The van der Waals surface area contributed by atoms with Gasteiger partial charge in [0.2, 0.25) is 5.78 Å². The number of ketones is 1. The number of rotatable bonds is 7. The van der Waals surface area contributed by atoms with Crippen LogP contribution in [0.15, 0.2) is 91.1 Å². The van der Waals surface area contributed by atoms with Gasteiger partial charge in [0.15, 0.2) is 11.5 Å². The minimum Gasteiger partial charge on any atom is -0.497 e. The minimum atomic E-state index is -0.138. The summed E-state index contributed by atoms with van der Waals surface area (Å²) in [6.45, 7) is 0.417. The summed E-state index contributed by atoms with van der Waals surface area (Å²) < 4.78 is 17.3. The average Bonchev–Trinajstić information content (AvgIpc) is 2.91. The van der Waals surface area contributed by atoms with E-state index in [1.54, 1.807) is 32.5 Å². The Morgan fingerprint density at radius 2 is 1.59 bits per heavy atom.